The Morgan fingerprint density at radius 2 is 0.671 bits per heavy atom. The van der Waals surface area contributed by atoms with Gasteiger partial charge in [-0.05, 0) is 83.5 Å². The summed E-state index contributed by atoms with van der Waals surface area (Å²) in [4.78, 5) is 24.4. The lowest BCUT2D eigenvalue weighted by Crippen LogP contribution is -2.45. The quantitative estimate of drug-likeness (QED) is 0.0321. The maximum atomic E-state index is 12.4. The van der Waals surface area contributed by atoms with Crippen LogP contribution in [0.3, 0.4) is 0 Å². The molecule has 6 heteroatoms. The number of rotatable bonds is 58. The first-order valence-corrected chi connectivity index (χ1v) is 31.3. The minimum Gasteiger partial charge on any atom is -0.466 e. The van der Waals surface area contributed by atoms with Gasteiger partial charge < -0.3 is 20.3 Å². The number of ether oxygens (including phenoxy) is 1. The number of allylic oxidation sites excluding steroid dienone is 5. The highest BCUT2D eigenvalue weighted by molar-refractivity contribution is 5.76. The van der Waals surface area contributed by atoms with E-state index in [-0.39, 0.29) is 18.5 Å². The summed E-state index contributed by atoms with van der Waals surface area (Å²) in [7, 11) is 0. The van der Waals surface area contributed by atoms with Crippen LogP contribution in [-0.4, -0.2) is 47.4 Å². The molecule has 0 aromatic carbocycles. The molecule has 0 spiro atoms. The van der Waals surface area contributed by atoms with Gasteiger partial charge in [0.25, 0.3) is 0 Å². The Morgan fingerprint density at radius 1 is 0.386 bits per heavy atom. The van der Waals surface area contributed by atoms with Gasteiger partial charge in [-0.2, -0.15) is 0 Å². The van der Waals surface area contributed by atoms with Gasteiger partial charge in [0.1, 0.15) is 0 Å². The molecule has 0 bridgehead atoms. The molecule has 0 aliphatic carbocycles. The fraction of sp³-hybridized carbons (Fsp3) is 0.875. The summed E-state index contributed by atoms with van der Waals surface area (Å²) in [6.07, 6.45) is 74.8. The predicted molar refractivity (Wildman–Crippen MR) is 306 cm³/mol. The second-order valence-corrected chi connectivity index (χ2v) is 21.4. The molecule has 0 aromatic rings. The third kappa shape index (κ3) is 55.4. The molecule has 0 saturated heterocycles. The molecular formula is C64H121NO5. The van der Waals surface area contributed by atoms with Crippen LogP contribution < -0.4 is 5.32 Å². The number of aliphatic hydroxyl groups is 2. The van der Waals surface area contributed by atoms with Crippen LogP contribution in [0.15, 0.2) is 36.5 Å². The van der Waals surface area contributed by atoms with Crippen LogP contribution in [0.5, 0.6) is 0 Å². The smallest absolute Gasteiger partial charge is 0.305 e. The van der Waals surface area contributed by atoms with Crippen LogP contribution in [0.2, 0.25) is 0 Å². The molecule has 3 N–H and O–H groups in total. The molecule has 0 aliphatic rings. The Labute approximate surface area is 436 Å². The van der Waals surface area contributed by atoms with E-state index in [0.29, 0.717) is 19.4 Å². The second-order valence-electron chi connectivity index (χ2n) is 21.4. The molecule has 0 saturated carbocycles. The van der Waals surface area contributed by atoms with Gasteiger partial charge in [-0.25, -0.2) is 0 Å². The zero-order valence-corrected chi connectivity index (χ0v) is 47.0. The fourth-order valence-electron chi connectivity index (χ4n) is 9.57. The number of hydrogen-bond acceptors (Lipinski definition) is 5. The van der Waals surface area contributed by atoms with Crippen LogP contribution >= 0.6 is 0 Å². The molecule has 0 aliphatic heterocycles. The van der Waals surface area contributed by atoms with Crippen molar-refractivity contribution >= 4 is 11.9 Å². The highest BCUT2D eigenvalue weighted by atomic mass is 16.5. The summed E-state index contributed by atoms with van der Waals surface area (Å²) < 4.78 is 5.47. The molecule has 0 radical (unpaired) electrons. The normalized spacial score (nSPS) is 12.8. The minimum absolute atomic E-state index is 0.00585. The van der Waals surface area contributed by atoms with Gasteiger partial charge in [0, 0.05) is 12.8 Å². The summed E-state index contributed by atoms with van der Waals surface area (Å²) in [6, 6.07) is -0.626. The van der Waals surface area contributed by atoms with Crippen molar-refractivity contribution in [2.24, 2.45) is 0 Å². The Kier molecular flexibility index (Phi) is 58.0. The number of carbonyl (C=O) groups excluding carboxylic acids is 2. The van der Waals surface area contributed by atoms with Crippen LogP contribution in [0.4, 0.5) is 0 Å². The van der Waals surface area contributed by atoms with Gasteiger partial charge in [-0.3, -0.25) is 9.59 Å². The van der Waals surface area contributed by atoms with Crippen molar-refractivity contribution in [3.63, 3.8) is 0 Å². The fourth-order valence-corrected chi connectivity index (χ4v) is 9.57. The zero-order chi connectivity index (χ0) is 50.7. The molecule has 2 unspecified atom stereocenters. The standard InChI is InChI=1S/C64H121NO5/c1-3-5-7-9-11-13-15-36-40-44-48-52-56-62(67)61(60-66)65-63(68)57-53-49-45-41-37-34-32-30-28-26-24-22-20-18-17-19-21-23-25-27-29-31-33-35-39-43-47-51-55-59-70-64(69)58-54-50-46-42-38-16-14-12-10-8-6-4-2/h12,14,17,19,52,56,61-62,66-67H,3-11,13,15-16,18,20-51,53-55,57-60H2,1-2H3,(H,65,68)/b14-12-,19-17-,56-52+. The zero-order valence-electron chi connectivity index (χ0n) is 47.0. The van der Waals surface area contributed by atoms with E-state index in [1.165, 1.54) is 263 Å². The number of esters is 1. The number of nitrogens with one attached hydrogen (secondary N) is 1. The minimum atomic E-state index is -0.842. The first-order chi connectivity index (χ1) is 34.5. The molecule has 0 aromatic heterocycles. The van der Waals surface area contributed by atoms with E-state index >= 15 is 0 Å². The largest absolute Gasteiger partial charge is 0.466 e. The van der Waals surface area contributed by atoms with Gasteiger partial charge in [0.2, 0.25) is 5.91 Å². The molecule has 2 atom stereocenters. The molecule has 6 nitrogen and oxygen atoms in total. The van der Waals surface area contributed by atoms with Gasteiger partial charge >= 0.3 is 5.97 Å². The SMILES string of the molecule is CCCCC/C=C\CCCCCCCC(=O)OCCCCCCCCCCCCCC/C=C\CCCCCCCCCCCCCCCC(=O)NC(CO)C(O)/C=C/CCCCCCCCCCCC. The third-order valence-electron chi connectivity index (χ3n) is 14.4. The van der Waals surface area contributed by atoms with Crippen LogP contribution in [-0.2, 0) is 14.3 Å². The van der Waals surface area contributed by atoms with Crippen molar-refractivity contribution in [1.82, 2.24) is 5.32 Å². The average molecular weight is 985 g/mol. The summed E-state index contributed by atoms with van der Waals surface area (Å²) in [5.41, 5.74) is 0. The monoisotopic (exact) mass is 984 g/mol. The third-order valence-corrected chi connectivity index (χ3v) is 14.4. The van der Waals surface area contributed by atoms with Crippen molar-refractivity contribution in [1.29, 1.82) is 0 Å². The number of hydrogen-bond donors (Lipinski definition) is 3. The van der Waals surface area contributed by atoms with Crippen molar-refractivity contribution in [2.45, 2.75) is 347 Å². The van der Waals surface area contributed by atoms with E-state index < -0.39 is 12.1 Å². The maximum Gasteiger partial charge on any atom is 0.305 e. The van der Waals surface area contributed by atoms with Crippen molar-refractivity contribution in [3.05, 3.63) is 36.5 Å². The highest BCUT2D eigenvalue weighted by Gasteiger charge is 2.18. The van der Waals surface area contributed by atoms with E-state index in [1.54, 1.807) is 6.08 Å². The summed E-state index contributed by atoms with van der Waals surface area (Å²) in [6.45, 7) is 4.88. The van der Waals surface area contributed by atoms with Gasteiger partial charge in [-0.1, -0.05) is 275 Å². The molecule has 412 valence electrons. The van der Waals surface area contributed by atoms with Crippen LogP contribution in [0.1, 0.15) is 335 Å². The first kappa shape index (κ1) is 68.1. The van der Waals surface area contributed by atoms with Crippen molar-refractivity contribution in [2.75, 3.05) is 13.2 Å². The Balaban J connectivity index is 3.38. The summed E-state index contributed by atoms with van der Waals surface area (Å²) in [5, 5.41) is 23.1. The molecule has 1 amide bonds. The molecular weight excluding hydrogens is 863 g/mol. The number of aliphatic hydroxyl groups excluding tert-OH is 2. The van der Waals surface area contributed by atoms with Crippen molar-refractivity contribution in [3.8, 4) is 0 Å². The Bertz CT molecular complexity index is 1130. The lowest BCUT2D eigenvalue weighted by molar-refractivity contribution is -0.143. The maximum absolute atomic E-state index is 12.4. The van der Waals surface area contributed by atoms with E-state index in [9.17, 15) is 19.8 Å². The van der Waals surface area contributed by atoms with Gasteiger partial charge in [0.05, 0.1) is 25.4 Å². The van der Waals surface area contributed by atoms with E-state index in [4.69, 9.17) is 4.74 Å². The van der Waals surface area contributed by atoms with Gasteiger partial charge in [0.15, 0.2) is 0 Å². The lowest BCUT2D eigenvalue weighted by atomic mass is 10.0. The molecule has 70 heavy (non-hydrogen) atoms. The Hall–Kier alpha value is -1.92. The molecule has 0 heterocycles. The number of amides is 1. The van der Waals surface area contributed by atoms with E-state index in [0.717, 1.165) is 44.9 Å². The number of unbranched alkanes of at least 4 members (excludes halogenated alkanes) is 43. The lowest BCUT2D eigenvalue weighted by Gasteiger charge is -2.20. The summed E-state index contributed by atoms with van der Waals surface area (Å²) in [5.74, 6) is -0.0614. The predicted octanol–water partition coefficient (Wildman–Crippen LogP) is 19.6. The molecule has 0 rings (SSSR count). The summed E-state index contributed by atoms with van der Waals surface area (Å²) >= 11 is 0. The van der Waals surface area contributed by atoms with Crippen LogP contribution in [0.25, 0.3) is 0 Å². The number of carbonyl (C=O) groups is 2. The Morgan fingerprint density at radius 3 is 1.04 bits per heavy atom. The van der Waals surface area contributed by atoms with E-state index in [2.05, 4.69) is 43.5 Å². The average Bonchev–Trinajstić information content (AvgIpc) is 3.36. The van der Waals surface area contributed by atoms with E-state index in [1.807, 2.05) is 6.08 Å². The van der Waals surface area contributed by atoms with Gasteiger partial charge in [-0.15, -0.1) is 0 Å². The van der Waals surface area contributed by atoms with Crippen molar-refractivity contribution < 1.29 is 24.5 Å². The second kappa shape index (κ2) is 59.6. The first-order valence-electron chi connectivity index (χ1n) is 31.3. The topological polar surface area (TPSA) is 95.9 Å². The molecule has 0 fully saturated rings. The highest BCUT2D eigenvalue weighted by Crippen LogP contribution is 2.17. The van der Waals surface area contributed by atoms with Crippen LogP contribution in [0, 0.1) is 0 Å².